The van der Waals surface area contributed by atoms with Crippen molar-refractivity contribution in [3.8, 4) is 0 Å². The van der Waals surface area contributed by atoms with Gasteiger partial charge in [0.1, 0.15) is 5.69 Å². The van der Waals surface area contributed by atoms with Crippen molar-refractivity contribution >= 4 is 5.91 Å². The summed E-state index contributed by atoms with van der Waals surface area (Å²) in [5, 5.41) is 2.73. The number of nitrogens with zero attached hydrogens (tertiary/aromatic N) is 2. The van der Waals surface area contributed by atoms with Gasteiger partial charge in [-0.25, -0.2) is 0 Å². The fraction of sp³-hybridized carbons (Fsp3) is 0.625. The van der Waals surface area contributed by atoms with Crippen LogP contribution in [0.25, 0.3) is 0 Å². The van der Waals surface area contributed by atoms with E-state index in [1.807, 2.05) is 7.05 Å². The van der Waals surface area contributed by atoms with Crippen molar-refractivity contribution < 1.29 is 18.0 Å². The maximum atomic E-state index is 12.4. The molecule has 0 saturated heterocycles. The van der Waals surface area contributed by atoms with Crippen LogP contribution >= 0.6 is 0 Å². The van der Waals surface area contributed by atoms with E-state index < -0.39 is 17.8 Å². The number of likely N-dealkylation sites (N-methyl/N-ethyl adjacent to an activating group) is 1. The molecule has 128 valence electrons. The quantitative estimate of drug-likeness (QED) is 0.903. The Labute approximate surface area is 134 Å². The van der Waals surface area contributed by atoms with Gasteiger partial charge in [-0.3, -0.25) is 9.78 Å². The molecule has 1 N–H and O–H groups in total. The number of halogens is 3. The van der Waals surface area contributed by atoms with Crippen LogP contribution in [0.2, 0.25) is 0 Å². The predicted octanol–water partition coefficient (Wildman–Crippen LogP) is 3.09. The minimum Gasteiger partial charge on any atom is -0.351 e. The number of alkyl halides is 3. The maximum absolute atomic E-state index is 12.4. The molecule has 7 heteroatoms. The molecule has 0 aromatic carbocycles. The molecule has 0 unspecified atom stereocenters. The maximum Gasteiger partial charge on any atom is 0.433 e. The van der Waals surface area contributed by atoms with E-state index in [1.165, 1.54) is 32.1 Å². The van der Waals surface area contributed by atoms with Crippen molar-refractivity contribution in [2.24, 2.45) is 0 Å². The van der Waals surface area contributed by atoms with Crippen LogP contribution in [0.1, 0.15) is 48.2 Å². The third kappa shape index (κ3) is 5.20. The first kappa shape index (κ1) is 17.7. The Hall–Kier alpha value is -1.63. The molecule has 1 fully saturated rings. The summed E-state index contributed by atoms with van der Waals surface area (Å²) in [7, 11) is 2.04. The average Bonchev–Trinajstić information content (AvgIpc) is 2.54. The lowest BCUT2D eigenvalue weighted by Gasteiger charge is -2.31. The van der Waals surface area contributed by atoms with E-state index in [2.05, 4.69) is 15.2 Å². The van der Waals surface area contributed by atoms with Gasteiger partial charge in [0.2, 0.25) is 0 Å². The number of amides is 1. The van der Waals surface area contributed by atoms with Gasteiger partial charge in [-0.15, -0.1) is 0 Å². The van der Waals surface area contributed by atoms with Crippen molar-refractivity contribution in [2.75, 3.05) is 20.1 Å². The Balaban J connectivity index is 1.78. The smallest absolute Gasteiger partial charge is 0.351 e. The Morgan fingerprint density at radius 1 is 1.30 bits per heavy atom. The normalized spacial score (nSPS) is 16.6. The van der Waals surface area contributed by atoms with Crippen molar-refractivity contribution in [1.29, 1.82) is 0 Å². The van der Waals surface area contributed by atoms with Crippen LogP contribution < -0.4 is 5.32 Å². The molecule has 1 aliphatic rings. The number of nitrogens with one attached hydrogen (secondary N) is 1. The average molecular weight is 329 g/mol. The topological polar surface area (TPSA) is 45.2 Å². The summed E-state index contributed by atoms with van der Waals surface area (Å²) in [6, 6.07) is 2.53. The number of carbonyl (C=O) groups is 1. The minimum atomic E-state index is -4.49. The summed E-state index contributed by atoms with van der Waals surface area (Å²) in [6.07, 6.45) is 2.64. The molecule has 1 saturated carbocycles. The Bertz CT molecular complexity index is 510. The van der Waals surface area contributed by atoms with Gasteiger partial charge in [0.25, 0.3) is 5.91 Å². The van der Waals surface area contributed by atoms with Gasteiger partial charge in [-0.1, -0.05) is 19.3 Å². The largest absolute Gasteiger partial charge is 0.433 e. The van der Waals surface area contributed by atoms with E-state index in [4.69, 9.17) is 0 Å². The van der Waals surface area contributed by atoms with E-state index in [1.54, 1.807) is 0 Å². The number of hydrogen-bond acceptors (Lipinski definition) is 3. The van der Waals surface area contributed by atoms with Crippen LogP contribution in [-0.2, 0) is 6.18 Å². The molecule has 23 heavy (non-hydrogen) atoms. The molecule has 0 atom stereocenters. The summed E-state index contributed by atoms with van der Waals surface area (Å²) < 4.78 is 37.3. The van der Waals surface area contributed by atoms with Crippen LogP contribution in [0.4, 0.5) is 13.2 Å². The predicted molar refractivity (Wildman–Crippen MR) is 81.1 cm³/mol. The van der Waals surface area contributed by atoms with Gasteiger partial charge >= 0.3 is 6.18 Å². The molecule has 0 bridgehead atoms. The number of carbonyl (C=O) groups excluding carboxylic acids is 1. The lowest BCUT2D eigenvalue weighted by atomic mass is 9.94. The zero-order valence-corrected chi connectivity index (χ0v) is 13.2. The third-order valence-electron chi connectivity index (χ3n) is 4.26. The first-order chi connectivity index (χ1) is 10.9. The fourth-order valence-electron chi connectivity index (χ4n) is 2.85. The van der Waals surface area contributed by atoms with Crippen LogP contribution in [-0.4, -0.2) is 42.0 Å². The molecular weight excluding hydrogens is 307 g/mol. The molecule has 1 aromatic rings. The van der Waals surface area contributed by atoms with Crippen LogP contribution in [0.15, 0.2) is 18.3 Å². The van der Waals surface area contributed by atoms with E-state index in [0.29, 0.717) is 12.6 Å². The van der Waals surface area contributed by atoms with Gasteiger partial charge in [0.15, 0.2) is 0 Å². The second-order valence-electron chi connectivity index (χ2n) is 5.96. The third-order valence-corrected chi connectivity index (χ3v) is 4.26. The van der Waals surface area contributed by atoms with Gasteiger partial charge < -0.3 is 10.2 Å². The Morgan fingerprint density at radius 2 is 2.00 bits per heavy atom. The fourth-order valence-corrected chi connectivity index (χ4v) is 2.85. The van der Waals surface area contributed by atoms with Crippen molar-refractivity contribution in [1.82, 2.24) is 15.2 Å². The molecular formula is C16H22F3N3O. The van der Waals surface area contributed by atoms with Crippen LogP contribution in [0.5, 0.6) is 0 Å². The van der Waals surface area contributed by atoms with Gasteiger partial charge in [-0.05, 0) is 32.0 Å². The van der Waals surface area contributed by atoms with Crippen molar-refractivity contribution in [2.45, 2.75) is 44.3 Å². The SMILES string of the molecule is CN(CCNC(=O)c1ccc(C(F)(F)F)nc1)C1CCCCC1. The minimum absolute atomic E-state index is 0.137. The van der Waals surface area contributed by atoms with E-state index in [9.17, 15) is 18.0 Å². The number of aromatic nitrogens is 1. The highest BCUT2D eigenvalue weighted by atomic mass is 19.4. The van der Waals surface area contributed by atoms with Crippen LogP contribution in [0.3, 0.4) is 0 Å². The molecule has 1 aromatic heterocycles. The second-order valence-corrected chi connectivity index (χ2v) is 5.96. The molecule has 1 heterocycles. The zero-order chi connectivity index (χ0) is 16.9. The van der Waals surface area contributed by atoms with E-state index in [-0.39, 0.29) is 5.56 Å². The molecule has 2 rings (SSSR count). The molecule has 1 amide bonds. The Kier molecular flexibility index (Phi) is 5.98. The standard InChI is InChI=1S/C16H22F3N3O/c1-22(13-5-3-2-4-6-13)10-9-20-15(23)12-7-8-14(21-11-12)16(17,18)19/h7-8,11,13H,2-6,9-10H2,1H3,(H,20,23). The monoisotopic (exact) mass is 329 g/mol. The highest BCUT2D eigenvalue weighted by Crippen LogP contribution is 2.27. The summed E-state index contributed by atoms with van der Waals surface area (Å²) in [4.78, 5) is 17.4. The molecule has 0 spiro atoms. The van der Waals surface area contributed by atoms with Crippen LogP contribution in [0, 0.1) is 0 Å². The van der Waals surface area contributed by atoms with Crippen molar-refractivity contribution in [3.05, 3.63) is 29.6 Å². The van der Waals surface area contributed by atoms with Crippen molar-refractivity contribution in [3.63, 3.8) is 0 Å². The summed E-state index contributed by atoms with van der Waals surface area (Å²) in [5.74, 6) is -0.400. The molecule has 0 radical (unpaired) electrons. The lowest BCUT2D eigenvalue weighted by molar-refractivity contribution is -0.141. The Morgan fingerprint density at radius 3 is 2.57 bits per heavy atom. The van der Waals surface area contributed by atoms with E-state index in [0.717, 1.165) is 24.9 Å². The van der Waals surface area contributed by atoms with Gasteiger partial charge in [0.05, 0.1) is 5.56 Å². The first-order valence-electron chi connectivity index (χ1n) is 7.89. The lowest BCUT2D eigenvalue weighted by Crippen LogP contribution is -2.39. The summed E-state index contributed by atoms with van der Waals surface area (Å²) >= 11 is 0. The summed E-state index contributed by atoms with van der Waals surface area (Å²) in [6.45, 7) is 1.19. The van der Waals surface area contributed by atoms with E-state index >= 15 is 0 Å². The highest BCUT2D eigenvalue weighted by Gasteiger charge is 2.32. The first-order valence-corrected chi connectivity index (χ1v) is 7.89. The zero-order valence-electron chi connectivity index (χ0n) is 13.2. The number of rotatable bonds is 5. The molecule has 4 nitrogen and oxygen atoms in total. The second kappa shape index (κ2) is 7.77. The van der Waals surface area contributed by atoms with Gasteiger partial charge in [-0.2, -0.15) is 13.2 Å². The van der Waals surface area contributed by atoms with Gasteiger partial charge in [0, 0.05) is 25.3 Å². The number of pyridine rings is 1. The summed E-state index contributed by atoms with van der Waals surface area (Å²) in [5.41, 5.74) is -0.857. The number of hydrogen-bond donors (Lipinski definition) is 1. The molecule has 0 aliphatic heterocycles. The molecule has 1 aliphatic carbocycles. The highest BCUT2D eigenvalue weighted by molar-refractivity contribution is 5.93.